The first-order chi connectivity index (χ1) is 31.0. The van der Waals surface area contributed by atoms with Gasteiger partial charge in [-0.15, -0.1) is 0 Å². The van der Waals surface area contributed by atoms with Crippen molar-refractivity contribution in [3.63, 3.8) is 0 Å². The van der Waals surface area contributed by atoms with E-state index in [0.29, 0.717) is 0 Å². The van der Waals surface area contributed by atoms with Crippen LogP contribution in [-0.2, 0) is 0 Å². The molecule has 2 aromatic heterocycles. The van der Waals surface area contributed by atoms with Gasteiger partial charge in [-0.2, -0.15) is 0 Å². The average Bonchev–Trinajstić information content (AvgIpc) is 3.68. The Morgan fingerprint density at radius 3 is 1.59 bits per heavy atom. The summed E-state index contributed by atoms with van der Waals surface area (Å²) >= 11 is 0. The third kappa shape index (κ3) is 6.66. The lowest BCUT2D eigenvalue weighted by atomic mass is 9.82. The third-order valence-corrected chi connectivity index (χ3v) is 12.8. The molecular weight excluding hydrogens is 763 g/mol. The topological polar surface area (TPSA) is 38.1 Å². The summed E-state index contributed by atoms with van der Waals surface area (Å²) in [6, 6.07) is 59.8. The lowest BCUT2D eigenvalue weighted by Crippen LogP contribution is -2.08. The molecule has 298 valence electrons. The minimum atomic E-state index is 0.160. The number of hydrogen-bond acceptors (Lipinski definition) is 3. The second-order valence-electron chi connectivity index (χ2n) is 16.5. The van der Waals surface area contributed by atoms with Crippen LogP contribution in [0.2, 0.25) is 0 Å². The van der Waals surface area contributed by atoms with Crippen molar-refractivity contribution in [2.75, 3.05) is 0 Å². The standard InChI is InChI=1S/C60H43N3/c1-4-5-19-50-38(2)49-20-7-6-16-40(49)35-56(50)47-32-46(45-30-43(41-17-14-27-61-36-41)29-44(31-45)42-18-15-28-62-37-42)33-48(34-47)58-52-22-8-10-24-54(52)59(55-25-11-9-23-53(55)58)60-39(3)51-21-12-13-26-57(51)63-60/h4-37,39H,1H2,2-3H3/b19-5-. The number of pyridine rings is 2. The van der Waals surface area contributed by atoms with Gasteiger partial charge in [0.25, 0.3) is 0 Å². The number of allylic oxidation sites excluding steroid dienone is 2. The second-order valence-corrected chi connectivity index (χ2v) is 16.5. The molecule has 1 aliphatic rings. The number of aromatic nitrogens is 2. The molecule has 3 heteroatoms. The highest BCUT2D eigenvalue weighted by Gasteiger charge is 2.28. The maximum absolute atomic E-state index is 5.34. The molecule has 0 saturated carbocycles. The number of benzene rings is 8. The Bertz CT molecular complexity index is 3370. The zero-order valence-corrected chi connectivity index (χ0v) is 35.3. The molecule has 0 saturated heterocycles. The van der Waals surface area contributed by atoms with Crippen molar-refractivity contribution >= 4 is 49.8 Å². The summed E-state index contributed by atoms with van der Waals surface area (Å²) in [5.41, 5.74) is 18.2. The Kier molecular flexibility index (Phi) is 9.51. The fourth-order valence-electron chi connectivity index (χ4n) is 9.77. The van der Waals surface area contributed by atoms with Gasteiger partial charge in [0, 0.05) is 47.4 Å². The van der Waals surface area contributed by atoms with Gasteiger partial charge in [-0.3, -0.25) is 15.0 Å². The molecule has 0 radical (unpaired) electrons. The monoisotopic (exact) mass is 805 g/mol. The number of hydrogen-bond donors (Lipinski definition) is 0. The van der Waals surface area contributed by atoms with Gasteiger partial charge >= 0.3 is 0 Å². The SMILES string of the molecule is C=C/C=C\c1c(-c2cc(-c3cc(-c4cccnc4)cc(-c4cccnc4)c3)cc(-c3c4ccccc4c(C4=Nc5ccccc5C4C)c4ccccc34)c2)cc2ccccc2c1C. The van der Waals surface area contributed by atoms with Crippen molar-refractivity contribution in [2.24, 2.45) is 4.99 Å². The van der Waals surface area contributed by atoms with E-state index >= 15 is 0 Å². The molecule has 0 fully saturated rings. The molecule has 1 atom stereocenters. The van der Waals surface area contributed by atoms with Crippen molar-refractivity contribution in [1.82, 2.24) is 9.97 Å². The summed E-state index contributed by atoms with van der Waals surface area (Å²) in [4.78, 5) is 14.4. The van der Waals surface area contributed by atoms with Crippen LogP contribution >= 0.6 is 0 Å². The molecule has 11 rings (SSSR count). The minimum absolute atomic E-state index is 0.160. The molecule has 0 aliphatic carbocycles. The van der Waals surface area contributed by atoms with Crippen molar-refractivity contribution < 1.29 is 0 Å². The van der Waals surface area contributed by atoms with Crippen LogP contribution in [0, 0.1) is 6.92 Å². The van der Waals surface area contributed by atoms with Gasteiger partial charge < -0.3 is 0 Å². The molecule has 0 N–H and O–H groups in total. The Hall–Kier alpha value is -8.01. The molecule has 0 amide bonds. The van der Waals surface area contributed by atoms with Crippen LogP contribution in [0.15, 0.2) is 212 Å². The van der Waals surface area contributed by atoms with Gasteiger partial charge in [-0.25, -0.2) is 0 Å². The molecule has 1 unspecified atom stereocenters. The number of nitrogens with zero attached hydrogens (tertiary/aromatic N) is 3. The quantitative estimate of drug-likeness (QED) is 0.113. The van der Waals surface area contributed by atoms with Crippen molar-refractivity contribution in [1.29, 1.82) is 0 Å². The molecule has 0 spiro atoms. The maximum atomic E-state index is 5.34. The van der Waals surface area contributed by atoms with Crippen LogP contribution in [0.3, 0.4) is 0 Å². The van der Waals surface area contributed by atoms with E-state index in [1.165, 1.54) is 65.7 Å². The summed E-state index contributed by atoms with van der Waals surface area (Å²) < 4.78 is 0. The van der Waals surface area contributed by atoms with Crippen LogP contribution in [-0.4, -0.2) is 15.7 Å². The Labute approximate surface area is 368 Å². The molecule has 3 heterocycles. The highest BCUT2D eigenvalue weighted by molar-refractivity contribution is 6.28. The minimum Gasteiger partial charge on any atom is -0.264 e. The normalized spacial score (nSPS) is 13.5. The highest BCUT2D eigenvalue weighted by atomic mass is 14.8. The summed E-state index contributed by atoms with van der Waals surface area (Å²) in [5, 5.41) is 7.24. The first-order valence-corrected chi connectivity index (χ1v) is 21.6. The summed E-state index contributed by atoms with van der Waals surface area (Å²) in [5.74, 6) is 0.160. The van der Waals surface area contributed by atoms with Gasteiger partial charge in [0.1, 0.15) is 0 Å². The lowest BCUT2D eigenvalue weighted by molar-refractivity contribution is 1.06. The number of aliphatic imine (C=N–C) groups is 1. The first-order valence-electron chi connectivity index (χ1n) is 21.6. The van der Waals surface area contributed by atoms with Gasteiger partial charge in [0.15, 0.2) is 0 Å². The Morgan fingerprint density at radius 1 is 0.492 bits per heavy atom. The third-order valence-electron chi connectivity index (χ3n) is 12.8. The largest absolute Gasteiger partial charge is 0.264 e. The summed E-state index contributed by atoms with van der Waals surface area (Å²) in [6.45, 7) is 8.58. The van der Waals surface area contributed by atoms with E-state index in [-0.39, 0.29) is 5.92 Å². The van der Waals surface area contributed by atoms with E-state index in [1.54, 1.807) is 0 Å². The molecular formula is C60H43N3. The number of rotatable bonds is 8. The molecule has 3 nitrogen and oxygen atoms in total. The molecule has 63 heavy (non-hydrogen) atoms. The van der Waals surface area contributed by atoms with E-state index < -0.39 is 0 Å². The smallest absolute Gasteiger partial charge is 0.0672 e. The number of para-hydroxylation sites is 1. The van der Waals surface area contributed by atoms with Crippen molar-refractivity contribution in [3.8, 4) is 55.6 Å². The lowest BCUT2D eigenvalue weighted by Gasteiger charge is -2.21. The predicted molar refractivity (Wildman–Crippen MR) is 267 cm³/mol. The zero-order valence-electron chi connectivity index (χ0n) is 35.3. The van der Waals surface area contributed by atoms with Gasteiger partial charge in [0.05, 0.1) is 11.4 Å². The molecule has 0 bridgehead atoms. The Balaban J connectivity index is 1.24. The fraction of sp³-hybridized carbons (Fsp3) is 0.0500. The Morgan fingerprint density at radius 2 is 1.00 bits per heavy atom. The molecule has 8 aromatic carbocycles. The molecule has 1 aliphatic heterocycles. The van der Waals surface area contributed by atoms with Gasteiger partial charge in [-0.05, 0) is 161 Å². The highest BCUT2D eigenvalue weighted by Crippen LogP contribution is 2.47. The van der Waals surface area contributed by atoms with E-state index in [1.807, 2.05) is 49.1 Å². The fourth-order valence-corrected chi connectivity index (χ4v) is 9.77. The van der Waals surface area contributed by atoms with Crippen molar-refractivity contribution in [2.45, 2.75) is 19.8 Å². The van der Waals surface area contributed by atoms with Crippen LogP contribution in [0.4, 0.5) is 5.69 Å². The van der Waals surface area contributed by atoms with Crippen molar-refractivity contribution in [3.05, 3.63) is 230 Å². The summed E-state index contributed by atoms with van der Waals surface area (Å²) in [6.07, 6.45) is 13.7. The zero-order chi connectivity index (χ0) is 42.4. The molecule has 10 aromatic rings. The van der Waals surface area contributed by atoms with E-state index in [9.17, 15) is 0 Å². The first kappa shape index (κ1) is 38.0. The number of fused-ring (bicyclic) bond motifs is 4. The van der Waals surface area contributed by atoms with Gasteiger partial charge in [-0.1, -0.05) is 135 Å². The number of aryl methyl sites for hydroxylation is 1. The van der Waals surface area contributed by atoms with E-state index in [4.69, 9.17) is 4.99 Å². The predicted octanol–water partition coefficient (Wildman–Crippen LogP) is 16.0. The average molecular weight is 806 g/mol. The van der Waals surface area contributed by atoms with E-state index in [2.05, 4.69) is 188 Å². The summed E-state index contributed by atoms with van der Waals surface area (Å²) in [7, 11) is 0. The second kappa shape index (κ2) is 15.8. The van der Waals surface area contributed by atoms with Crippen LogP contribution in [0.5, 0.6) is 0 Å². The van der Waals surface area contributed by atoms with Gasteiger partial charge in [0.2, 0.25) is 0 Å². The van der Waals surface area contributed by atoms with Crippen LogP contribution in [0.25, 0.3) is 94.0 Å². The van der Waals surface area contributed by atoms with E-state index in [0.717, 1.165) is 55.9 Å². The van der Waals surface area contributed by atoms with Crippen LogP contribution < -0.4 is 0 Å². The van der Waals surface area contributed by atoms with Crippen LogP contribution in [0.1, 0.15) is 35.1 Å². The maximum Gasteiger partial charge on any atom is 0.0672 e.